The van der Waals surface area contributed by atoms with E-state index >= 15 is 0 Å². The zero-order valence-corrected chi connectivity index (χ0v) is 17.3. The number of amides is 1. The molecule has 0 unspecified atom stereocenters. The molecule has 9 heteroatoms. The average molecular weight is 401 g/mol. The van der Waals surface area contributed by atoms with Gasteiger partial charge in [-0.1, -0.05) is 0 Å². The fourth-order valence-corrected chi connectivity index (χ4v) is 6.80. The molecule has 154 valence electrons. The Morgan fingerprint density at radius 2 is 1.67 bits per heavy atom. The van der Waals surface area contributed by atoms with E-state index in [1.807, 2.05) is 4.90 Å². The Hall–Kier alpha value is -0.740. The van der Waals surface area contributed by atoms with Gasteiger partial charge in [-0.05, 0) is 26.7 Å². The van der Waals surface area contributed by atoms with Crippen LogP contribution in [0, 0.1) is 11.3 Å². The zero-order valence-electron chi connectivity index (χ0n) is 16.5. The van der Waals surface area contributed by atoms with E-state index in [2.05, 4.69) is 18.7 Å². The SMILES string of the molecule is CC(C)N1C[C@H]2CN(S(=O)(=O)N3CCOCC3)C[C@@]2(C(=O)N2CCCC2)C1. The molecule has 0 bridgehead atoms. The third-order valence-electron chi connectivity index (χ3n) is 6.78. The monoisotopic (exact) mass is 400 g/mol. The molecule has 0 aromatic rings. The largest absolute Gasteiger partial charge is 0.379 e. The highest BCUT2D eigenvalue weighted by atomic mass is 32.2. The quantitative estimate of drug-likeness (QED) is 0.655. The predicted octanol–water partition coefficient (Wildman–Crippen LogP) is -0.172. The summed E-state index contributed by atoms with van der Waals surface area (Å²) in [5.74, 6) is 0.247. The molecule has 0 saturated carbocycles. The van der Waals surface area contributed by atoms with E-state index in [4.69, 9.17) is 4.74 Å². The molecule has 4 aliphatic heterocycles. The van der Waals surface area contributed by atoms with Gasteiger partial charge < -0.3 is 9.64 Å². The third-order valence-corrected chi connectivity index (χ3v) is 8.72. The van der Waals surface area contributed by atoms with E-state index in [9.17, 15) is 13.2 Å². The normalized spacial score (nSPS) is 33.9. The molecule has 1 amide bonds. The fraction of sp³-hybridized carbons (Fsp3) is 0.944. The lowest BCUT2D eigenvalue weighted by molar-refractivity contribution is -0.141. The van der Waals surface area contributed by atoms with Gasteiger partial charge in [-0.15, -0.1) is 0 Å². The maximum absolute atomic E-state index is 13.5. The summed E-state index contributed by atoms with van der Waals surface area (Å²) >= 11 is 0. The summed E-state index contributed by atoms with van der Waals surface area (Å²) in [5, 5.41) is 0. The highest BCUT2D eigenvalue weighted by Crippen LogP contribution is 2.46. The van der Waals surface area contributed by atoms with Crippen molar-refractivity contribution < 1.29 is 17.9 Å². The maximum Gasteiger partial charge on any atom is 0.282 e. The van der Waals surface area contributed by atoms with Gasteiger partial charge in [0.25, 0.3) is 10.2 Å². The van der Waals surface area contributed by atoms with Crippen LogP contribution in [-0.2, 0) is 19.7 Å². The Bertz CT molecular complexity index is 673. The first-order valence-electron chi connectivity index (χ1n) is 10.2. The van der Waals surface area contributed by atoms with Crippen molar-refractivity contribution in [2.24, 2.45) is 11.3 Å². The predicted molar refractivity (Wildman–Crippen MR) is 101 cm³/mol. The van der Waals surface area contributed by atoms with Gasteiger partial charge in [0, 0.05) is 64.3 Å². The van der Waals surface area contributed by atoms with Crippen LogP contribution in [0.2, 0.25) is 0 Å². The molecule has 4 rings (SSSR count). The molecule has 0 aromatic heterocycles. The van der Waals surface area contributed by atoms with Crippen LogP contribution in [0.4, 0.5) is 0 Å². The Kier molecular flexibility index (Phi) is 5.26. The Balaban J connectivity index is 1.59. The van der Waals surface area contributed by atoms with Crippen LogP contribution in [0.3, 0.4) is 0 Å². The van der Waals surface area contributed by atoms with Crippen LogP contribution in [0.1, 0.15) is 26.7 Å². The molecule has 0 aromatic carbocycles. The van der Waals surface area contributed by atoms with Crippen LogP contribution in [-0.4, -0.2) is 104 Å². The first-order valence-corrected chi connectivity index (χ1v) is 11.6. The molecule has 2 atom stereocenters. The van der Waals surface area contributed by atoms with Gasteiger partial charge in [0.2, 0.25) is 5.91 Å². The smallest absolute Gasteiger partial charge is 0.282 e. The van der Waals surface area contributed by atoms with E-state index in [0.29, 0.717) is 52.0 Å². The van der Waals surface area contributed by atoms with Crippen molar-refractivity contribution in [3.8, 4) is 0 Å². The van der Waals surface area contributed by atoms with Crippen molar-refractivity contribution in [1.82, 2.24) is 18.4 Å². The van der Waals surface area contributed by atoms with E-state index in [-0.39, 0.29) is 11.8 Å². The van der Waals surface area contributed by atoms with Crippen molar-refractivity contribution >= 4 is 16.1 Å². The van der Waals surface area contributed by atoms with Gasteiger partial charge >= 0.3 is 0 Å². The van der Waals surface area contributed by atoms with Crippen LogP contribution < -0.4 is 0 Å². The minimum atomic E-state index is -3.54. The maximum atomic E-state index is 13.5. The van der Waals surface area contributed by atoms with Crippen LogP contribution in [0.15, 0.2) is 0 Å². The standard InChI is InChI=1S/C18H32N4O4S/c1-15(2)20-11-16-12-22(27(24,25)21-7-9-26-10-8-21)14-18(16,13-20)17(23)19-5-3-4-6-19/h15-16H,3-14H2,1-2H3/t16-,18-/m0/s1. The number of ether oxygens (including phenoxy) is 1. The summed E-state index contributed by atoms with van der Waals surface area (Å²) in [6.45, 7) is 9.82. The summed E-state index contributed by atoms with van der Waals surface area (Å²) in [6.07, 6.45) is 2.10. The molecule has 8 nitrogen and oxygen atoms in total. The van der Waals surface area contributed by atoms with Crippen molar-refractivity contribution in [2.75, 3.05) is 65.6 Å². The first-order chi connectivity index (χ1) is 12.8. The minimum absolute atomic E-state index is 0.0730. The van der Waals surface area contributed by atoms with Crippen LogP contribution in [0.25, 0.3) is 0 Å². The van der Waals surface area contributed by atoms with Crippen molar-refractivity contribution in [3.63, 3.8) is 0 Å². The van der Waals surface area contributed by atoms with E-state index in [0.717, 1.165) is 32.5 Å². The lowest BCUT2D eigenvalue weighted by atomic mass is 9.79. The Labute approximate surface area is 162 Å². The second-order valence-electron chi connectivity index (χ2n) is 8.69. The van der Waals surface area contributed by atoms with Gasteiger partial charge in [0.1, 0.15) is 0 Å². The number of hydrogen-bond donors (Lipinski definition) is 0. The van der Waals surface area contributed by atoms with Gasteiger partial charge in [-0.3, -0.25) is 9.69 Å². The number of fused-ring (bicyclic) bond motifs is 1. The molecule has 0 N–H and O–H groups in total. The first kappa shape index (κ1) is 19.6. The third kappa shape index (κ3) is 3.31. The summed E-state index contributed by atoms with van der Waals surface area (Å²) in [5.41, 5.74) is -0.589. The van der Waals surface area contributed by atoms with Crippen molar-refractivity contribution in [2.45, 2.75) is 32.7 Å². The lowest BCUT2D eigenvalue weighted by Gasteiger charge is -2.34. The summed E-state index contributed by atoms with van der Waals surface area (Å²) in [7, 11) is -3.54. The van der Waals surface area contributed by atoms with Gasteiger partial charge in [0.15, 0.2) is 0 Å². The minimum Gasteiger partial charge on any atom is -0.379 e. The fourth-order valence-electron chi connectivity index (χ4n) is 5.11. The number of likely N-dealkylation sites (tertiary alicyclic amines) is 2. The number of hydrogen-bond acceptors (Lipinski definition) is 5. The van der Waals surface area contributed by atoms with Gasteiger partial charge in [-0.2, -0.15) is 17.0 Å². The van der Waals surface area contributed by atoms with Gasteiger partial charge in [0.05, 0.1) is 18.6 Å². The lowest BCUT2D eigenvalue weighted by Crippen LogP contribution is -2.52. The highest BCUT2D eigenvalue weighted by molar-refractivity contribution is 7.86. The Morgan fingerprint density at radius 1 is 1.00 bits per heavy atom. The number of carbonyl (C=O) groups is 1. The molecule has 0 aliphatic carbocycles. The van der Waals surface area contributed by atoms with E-state index in [1.54, 1.807) is 4.31 Å². The van der Waals surface area contributed by atoms with Crippen LogP contribution in [0.5, 0.6) is 0 Å². The molecular formula is C18H32N4O4S. The molecule has 0 spiro atoms. The molecule has 0 radical (unpaired) electrons. The summed E-state index contributed by atoms with van der Waals surface area (Å²) < 4.78 is 34.8. The number of carbonyl (C=O) groups excluding carboxylic acids is 1. The number of nitrogens with zero attached hydrogens (tertiary/aromatic N) is 4. The molecule has 4 aliphatic rings. The van der Waals surface area contributed by atoms with Crippen molar-refractivity contribution in [3.05, 3.63) is 0 Å². The van der Waals surface area contributed by atoms with E-state index in [1.165, 1.54) is 4.31 Å². The number of morpholine rings is 1. The highest BCUT2D eigenvalue weighted by Gasteiger charge is 2.61. The zero-order chi connectivity index (χ0) is 19.2. The van der Waals surface area contributed by atoms with E-state index < -0.39 is 15.6 Å². The van der Waals surface area contributed by atoms with Gasteiger partial charge in [-0.25, -0.2) is 0 Å². The Morgan fingerprint density at radius 3 is 2.30 bits per heavy atom. The molecule has 27 heavy (non-hydrogen) atoms. The average Bonchev–Trinajstić information content (AvgIpc) is 3.36. The van der Waals surface area contributed by atoms with Crippen molar-refractivity contribution in [1.29, 1.82) is 0 Å². The topological polar surface area (TPSA) is 73.4 Å². The van der Waals surface area contributed by atoms with Crippen LogP contribution >= 0.6 is 0 Å². The molecule has 4 heterocycles. The molecule has 4 saturated heterocycles. The summed E-state index contributed by atoms with van der Waals surface area (Å²) in [4.78, 5) is 17.8. The molecule has 4 fully saturated rings. The second-order valence-corrected chi connectivity index (χ2v) is 10.6. The number of rotatable bonds is 4. The molecular weight excluding hydrogens is 368 g/mol. The summed E-state index contributed by atoms with van der Waals surface area (Å²) in [6, 6.07) is 0.364. The second kappa shape index (κ2) is 7.26.